The van der Waals surface area contributed by atoms with Crippen molar-refractivity contribution in [3.8, 4) is 5.75 Å². The zero-order chi connectivity index (χ0) is 22.7. The predicted octanol–water partition coefficient (Wildman–Crippen LogP) is 3.57. The summed E-state index contributed by atoms with van der Waals surface area (Å²) < 4.78 is 49.3. The van der Waals surface area contributed by atoms with E-state index in [1.807, 2.05) is 10.8 Å². The summed E-state index contributed by atoms with van der Waals surface area (Å²) in [4.78, 5) is 16.4. The summed E-state index contributed by atoms with van der Waals surface area (Å²) in [5.41, 5.74) is 0.637. The van der Waals surface area contributed by atoms with Gasteiger partial charge in [-0.15, -0.1) is 0 Å². The molecule has 0 unspecified atom stereocenters. The SMILES string of the molecule is COc1ccc([C@@H]2C[C@H](C(F)(F)F)n3nc(C(=O)NCCCn4ccnc4)cc3N2)cc1. The first kappa shape index (κ1) is 21.7. The molecule has 0 saturated carbocycles. The average molecular weight is 448 g/mol. The number of alkyl halides is 3. The molecule has 1 amide bonds. The number of hydrogen-bond acceptors (Lipinski definition) is 5. The third-order valence-corrected chi connectivity index (χ3v) is 5.38. The maximum Gasteiger partial charge on any atom is 0.410 e. The molecule has 0 radical (unpaired) electrons. The van der Waals surface area contributed by atoms with Gasteiger partial charge in [-0.05, 0) is 24.1 Å². The third-order valence-electron chi connectivity index (χ3n) is 5.38. The fraction of sp³-hybridized carbons (Fsp3) is 0.381. The number of rotatable bonds is 7. The number of carbonyl (C=O) groups is 1. The van der Waals surface area contributed by atoms with Gasteiger partial charge >= 0.3 is 6.18 Å². The minimum Gasteiger partial charge on any atom is -0.497 e. The van der Waals surface area contributed by atoms with Crippen LogP contribution in [0.2, 0.25) is 0 Å². The van der Waals surface area contributed by atoms with E-state index < -0.39 is 24.2 Å². The Kier molecular flexibility index (Phi) is 6.06. The van der Waals surface area contributed by atoms with Gasteiger partial charge in [0.15, 0.2) is 11.7 Å². The number of aryl methyl sites for hydroxylation is 1. The molecule has 1 aliphatic heterocycles. The number of ether oxygens (including phenoxy) is 1. The minimum atomic E-state index is -4.51. The molecule has 0 fully saturated rings. The number of nitrogens with zero attached hydrogens (tertiary/aromatic N) is 4. The Balaban J connectivity index is 1.47. The second kappa shape index (κ2) is 8.93. The standard InChI is InChI=1S/C21H23F3N6O2/c1-32-15-5-3-14(4-6-15)16-11-18(21(22,23)24)30-19(27-16)12-17(28-30)20(31)26-7-2-9-29-10-8-25-13-29/h3-6,8,10,12-13,16,18,27H,2,7,9,11H2,1H3,(H,26,31)/t16-,18+/m0/s1. The molecule has 1 aliphatic rings. The van der Waals surface area contributed by atoms with Crippen molar-refractivity contribution in [1.82, 2.24) is 24.6 Å². The highest BCUT2D eigenvalue weighted by molar-refractivity contribution is 5.93. The molecule has 1 aromatic carbocycles. The van der Waals surface area contributed by atoms with Crippen molar-refractivity contribution < 1.29 is 22.7 Å². The molecule has 2 atom stereocenters. The van der Waals surface area contributed by atoms with E-state index >= 15 is 0 Å². The zero-order valence-corrected chi connectivity index (χ0v) is 17.3. The molecule has 4 rings (SSSR count). The van der Waals surface area contributed by atoms with E-state index in [1.165, 1.54) is 13.2 Å². The van der Waals surface area contributed by atoms with Crippen LogP contribution in [-0.2, 0) is 6.54 Å². The summed E-state index contributed by atoms with van der Waals surface area (Å²) in [5.74, 6) is 0.262. The summed E-state index contributed by atoms with van der Waals surface area (Å²) in [6.45, 7) is 1.03. The van der Waals surface area contributed by atoms with Crippen LogP contribution >= 0.6 is 0 Å². The average Bonchev–Trinajstić information content (AvgIpc) is 3.45. The first-order valence-corrected chi connectivity index (χ1v) is 10.2. The molecule has 8 nitrogen and oxygen atoms in total. The maximum absolute atomic E-state index is 13.8. The molecular weight excluding hydrogens is 425 g/mol. The number of anilines is 1. The molecular formula is C21H23F3N6O2. The van der Waals surface area contributed by atoms with Crippen LogP contribution in [0.5, 0.6) is 5.75 Å². The van der Waals surface area contributed by atoms with Crippen molar-refractivity contribution in [2.45, 2.75) is 37.6 Å². The van der Waals surface area contributed by atoms with Crippen LogP contribution in [-0.4, -0.2) is 45.1 Å². The van der Waals surface area contributed by atoms with Crippen LogP contribution in [0.3, 0.4) is 0 Å². The fourth-order valence-corrected chi connectivity index (χ4v) is 3.71. The van der Waals surface area contributed by atoms with Crippen LogP contribution in [0, 0.1) is 0 Å². The molecule has 2 N–H and O–H groups in total. The van der Waals surface area contributed by atoms with Gasteiger partial charge in [0.1, 0.15) is 11.6 Å². The summed E-state index contributed by atoms with van der Waals surface area (Å²) in [6.07, 6.45) is 1.06. The lowest BCUT2D eigenvalue weighted by molar-refractivity contribution is -0.173. The summed E-state index contributed by atoms with van der Waals surface area (Å²) in [6, 6.07) is 5.80. The number of amides is 1. The molecule has 3 heterocycles. The van der Waals surface area contributed by atoms with Crippen LogP contribution in [0.1, 0.15) is 41.0 Å². The second-order valence-electron chi connectivity index (χ2n) is 7.53. The Morgan fingerprint density at radius 3 is 2.75 bits per heavy atom. The second-order valence-corrected chi connectivity index (χ2v) is 7.53. The van der Waals surface area contributed by atoms with Crippen LogP contribution in [0.15, 0.2) is 49.1 Å². The zero-order valence-electron chi connectivity index (χ0n) is 17.3. The first-order valence-electron chi connectivity index (χ1n) is 10.2. The number of nitrogens with one attached hydrogen (secondary N) is 2. The molecule has 0 aliphatic carbocycles. The first-order chi connectivity index (χ1) is 15.3. The van der Waals surface area contributed by atoms with Gasteiger partial charge in [0.25, 0.3) is 5.91 Å². The van der Waals surface area contributed by atoms with E-state index in [4.69, 9.17) is 4.74 Å². The number of hydrogen-bond donors (Lipinski definition) is 2. The van der Waals surface area contributed by atoms with E-state index in [-0.39, 0.29) is 17.9 Å². The van der Waals surface area contributed by atoms with Crippen LogP contribution < -0.4 is 15.4 Å². The van der Waals surface area contributed by atoms with Crippen molar-refractivity contribution in [2.75, 3.05) is 19.0 Å². The van der Waals surface area contributed by atoms with Gasteiger partial charge in [0.05, 0.1) is 19.5 Å². The van der Waals surface area contributed by atoms with E-state index in [0.717, 1.165) is 4.68 Å². The summed E-state index contributed by atoms with van der Waals surface area (Å²) >= 11 is 0. The molecule has 0 bridgehead atoms. The van der Waals surface area contributed by atoms with Crippen LogP contribution in [0.4, 0.5) is 19.0 Å². The van der Waals surface area contributed by atoms with Gasteiger partial charge < -0.3 is 19.9 Å². The van der Waals surface area contributed by atoms with Crippen molar-refractivity contribution in [2.24, 2.45) is 0 Å². The van der Waals surface area contributed by atoms with Gasteiger partial charge in [-0.3, -0.25) is 4.79 Å². The number of fused-ring (bicyclic) bond motifs is 1. The molecule has 2 aromatic heterocycles. The van der Waals surface area contributed by atoms with Crippen molar-refractivity contribution in [3.63, 3.8) is 0 Å². The number of methoxy groups -OCH3 is 1. The lowest BCUT2D eigenvalue weighted by atomic mass is 9.97. The van der Waals surface area contributed by atoms with Gasteiger partial charge in [0, 0.05) is 38.0 Å². The van der Waals surface area contributed by atoms with Crippen molar-refractivity contribution in [3.05, 3.63) is 60.3 Å². The Hall–Kier alpha value is -3.50. The monoisotopic (exact) mass is 448 g/mol. The highest BCUT2D eigenvalue weighted by Gasteiger charge is 2.46. The third kappa shape index (κ3) is 4.71. The molecule has 32 heavy (non-hydrogen) atoms. The van der Waals surface area contributed by atoms with Crippen LogP contribution in [0.25, 0.3) is 0 Å². The highest BCUT2D eigenvalue weighted by atomic mass is 19.4. The lowest BCUT2D eigenvalue weighted by Crippen LogP contribution is -2.35. The number of carbonyl (C=O) groups excluding carboxylic acids is 1. The topological polar surface area (TPSA) is 86.0 Å². The Labute approximate surface area is 182 Å². The quantitative estimate of drug-likeness (QED) is 0.540. The van der Waals surface area contributed by atoms with Crippen molar-refractivity contribution >= 4 is 11.7 Å². The van der Waals surface area contributed by atoms with E-state index in [9.17, 15) is 18.0 Å². The van der Waals surface area contributed by atoms with E-state index in [0.29, 0.717) is 30.8 Å². The molecule has 0 spiro atoms. The molecule has 0 saturated heterocycles. The predicted molar refractivity (Wildman–Crippen MR) is 110 cm³/mol. The van der Waals surface area contributed by atoms with Crippen molar-refractivity contribution in [1.29, 1.82) is 0 Å². The lowest BCUT2D eigenvalue weighted by Gasteiger charge is -2.33. The summed E-state index contributed by atoms with van der Waals surface area (Å²) in [5, 5.41) is 9.76. The number of benzene rings is 1. The summed E-state index contributed by atoms with van der Waals surface area (Å²) in [7, 11) is 1.52. The van der Waals surface area contributed by atoms with Gasteiger partial charge in [0.2, 0.25) is 0 Å². The minimum absolute atomic E-state index is 0.0558. The number of aromatic nitrogens is 4. The van der Waals surface area contributed by atoms with Gasteiger partial charge in [-0.1, -0.05) is 12.1 Å². The highest BCUT2D eigenvalue weighted by Crippen LogP contribution is 2.43. The molecule has 170 valence electrons. The number of imidazole rings is 1. The Bertz CT molecular complexity index is 1050. The number of halogens is 3. The molecule has 11 heteroatoms. The largest absolute Gasteiger partial charge is 0.497 e. The smallest absolute Gasteiger partial charge is 0.410 e. The maximum atomic E-state index is 13.8. The van der Waals surface area contributed by atoms with E-state index in [2.05, 4.69) is 20.7 Å². The van der Waals surface area contributed by atoms with Gasteiger partial charge in [-0.25, -0.2) is 9.67 Å². The molecule has 3 aromatic rings. The Morgan fingerprint density at radius 2 is 2.09 bits per heavy atom. The van der Waals surface area contributed by atoms with E-state index in [1.54, 1.807) is 36.8 Å². The van der Waals surface area contributed by atoms with Gasteiger partial charge in [-0.2, -0.15) is 18.3 Å². The Morgan fingerprint density at radius 1 is 1.31 bits per heavy atom. The fourth-order valence-electron chi connectivity index (χ4n) is 3.71. The normalized spacial score (nSPS) is 18.0.